The zero-order valence-corrected chi connectivity index (χ0v) is 13.8. The third kappa shape index (κ3) is 4.55. The summed E-state index contributed by atoms with van der Waals surface area (Å²) < 4.78 is 5.70. The fourth-order valence-electron chi connectivity index (χ4n) is 2.55. The van der Waals surface area contributed by atoms with Crippen molar-refractivity contribution in [3.8, 4) is 11.3 Å². The number of aliphatic hydroxyl groups excluding tert-OH is 1. The minimum absolute atomic E-state index is 0.0371. The summed E-state index contributed by atoms with van der Waals surface area (Å²) in [6, 6.07) is 17.2. The molecule has 1 aromatic heterocycles. The van der Waals surface area contributed by atoms with E-state index < -0.39 is 0 Å². The third-order valence-electron chi connectivity index (χ3n) is 3.94. The lowest BCUT2D eigenvalue weighted by atomic mass is 10.1. The Hall–Kier alpha value is -2.92. The van der Waals surface area contributed by atoms with Gasteiger partial charge in [-0.05, 0) is 11.1 Å². The van der Waals surface area contributed by atoms with Crippen LogP contribution in [-0.2, 0) is 24.4 Å². The highest BCUT2D eigenvalue weighted by atomic mass is 16.4. The topological polar surface area (TPSA) is 75.4 Å². The van der Waals surface area contributed by atoms with Crippen LogP contribution >= 0.6 is 0 Å². The number of aryl methyl sites for hydroxylation is 1. The maximum absolute atomic E-state index is 12.0. The monoisotopic (exact) mass is 336 g/mol. The number of carbonyl (C=O) groups is 1. The fourth-order valence-corrected chi connectivity index (χ4v) is 2.55. The van der Waals surface area contributed by atoms with Crippen molar-refractivity contribution in [1.29, 1.82) is 0 Å². The van der Waals surface area contributed by atoms with Crippen molar-refractivity contribution in [2.24, 2.45) is 0 Å². The van der Waals surface area contributed by atoms with Crippen molar-refractivity contribution in [1.82, 2.24) is 10.3 Å². The molecule has 5 heteroatoms. The van der Waals surface area contributed by atoms with Gasteiger partial charge in [-0.3, -0.25) is 4.79 Å². The van der Waals surface area contributed by atoms with Gasteiger partial charge in [0.1, 0.15) is 0 Å². The van der Waals surface area contributed by atoms with E-state index in [2.05, 4.69) is 10.3 Å². The van der Waals surface area contributed by atoms with Gasteiger partial charge in [-0.1, -0.05) is 54.6 Å². The highest BCUT2D eigenvalue weighted by Gasteiger charge is 2.09. The largest absolute Gasteiger partial charge is 0.441 e. The average molecular weight is 336 g/mol. The van der Waals surface area contributed by atoms with Crippen molar-refractivity contribution in [2.45, 2.75) is 26.0 Å². The molecule has 3 aromatic rings. The number of amides is 1. The molecule has 5 nitrogen and oxygen atoms in total. The summed E-state index contributed by atoms with van der Waals surface area (Å²) in [5.41, 5.74) is 2.70. The van der Waals surface area contributed by atoms with Gasteiger partial charge in [-0.2, -0.15) is 0 Å². The second kappa shape index (κ2) is 8.26. The van der Waals surface area contributed by atoms with Gasteiger partial charge in [0.25, 0.3) is 0 Å². The first-order valence-electron chi connectivity index (χ1n) is 8.20. The predicted molar refractivity (Wildman–Crippen MR) is 94.5 cm³/mol. The van der Waals surface area contributed by atoms with E-state index in [9.17, 15) is 9.90 Å². The van der Waals surface area contributed by atoms with E-state index in [-0.39, 0.29) is 12.5 Å². The number of carbonyl (C=O) groups excluding carboxylic acids is 1. The quantitative estimate of drug-likeness (QED) is 0.695. The molecule has 0 unspecified atom stereocenters. The number of aromatic nitrogens is 1. The number of rotatable bonds is 7. The van der Waals surface area contributed by atoms with Crippen LogP contribution in [0.5, 0.6) is 0 Å². The van der Waals surface area contributed by atoms with E-state index >= 15 is 0 Å². The number of oxazole rings is 1. The molecule has 2 N–H and O–H groups in total. The lowest BCUT2D eigenvalue weighted by molar-refractivity contribution is -0.121. The summed E-state index contributed by atoms with van der Waals surface area (Å²) in [5, 5.41) is 12.2. The molecule has 1 amide bonds. The van der Waals surface area contributed by atoms with Gasteiger partial charge >= 0.3 is 0 Å². The highest BCUT2D eigenvalue weighted by Crippen LogP contribution is 2.20. The molecule has 0 atom stereocenters. The van der Waals surface area contributed by atoms with Crippen LogP contribution in [0.1, 0.15) is 23.4 Å². The van der Waals surface area contributed by atoms with Crippen molar-refractivity contribution < 1.29 is 14.3 Å². The van der Waals surface area contributed by atoms with Crippen LogP contribution in [0.4, 0.5) is 0 Å². The Kier molecular flexibility index (Phi) is 5.59. The van der Waals surface area contributed by atoms with Crippen LogP contribution in [0.25, 0.3) is 11.3 Å². The van der Waals surface area contributed by atoms with Crippen LogP contribution < -0.4 is 5.32 Å². The molecule has 0 fully saturated rings. The van der Waals surface area contributed by atoms with Gasteiger partial charge in [-0.15, -0.1) is 0 Å². The van der Waals surface area contributed by atoms with E-state index in [4.69, 9.17) is 4.42 Å². The first-order chi connectivity index (χ1) is 12.3. The SMILES string of the molecule is O=C(CCc1ncc(-c2ccccc2)o1)NCc1ccccc1CO. The number of nitrogens with one attached hydrogen (secondary N) is 1. The molecular weight excluding hydrogens is 316 g/mol. The Balaban J connectivity index is 1.50. The van der Waals surface area contributed by atoms with Crippen molar-refractivity contribution in [3.05, 3.63) is 77.8 Å². The molecular formula is C20H20N2O3. The van der Waals surface area contributed by atoms with Crippen LogP contribution in [0.15, 0.2) is 65.2 Å². The maximum atomic E-state index is 12.0. The number of benzene rings is 2. The maximum Gasteiger partial charge on any atom is 0.220 e. The van der Waals surface area contributed by atoms with E-state index in [1.165, 1.54) is 0 Å². The number of hydrogen-bond donors (Lipinski definition) is 2. The molecule has 0 aliphatic carbocycles. The Morgan fingerprint density at radius 1 is 1.04 bits per heavy atom. The van der Waals surface area contributed by atoms with E-state index in [0.29, 0.717) is 31.0 Å². The summed E-state index contributed by atoms with van der Waals surface area (Å²) in [6.07, 6.45) is 2.43. The number of aliphatic hydroxyl groups is 1. The molecule has 0 saturated heterocycles. The Bertz CT molecular complexity index is 828. The first-order valence-corrected chi connectivity index (χ1v) is 8.20. The lowest BCUT2D eigenvalue weighted by Gasteiger charge is -2.08. The van der Waals surface area contributed by atoms with E-state index in [1.54, 1.807) is 6.20 Å². The summed E-state index contributed by atoms with van der Waals surface area (Å²) in [5.74, 6) is 1.17. The normalized spacial score (nSPS) is 10.6. The second-order valence-electron chi connectivity index (χ2n) is 5.69. The molecule has 0 bridgehead atoms. The molecule has 3 rings (SSSR count). The molecule has 1 heterocycles. The van der Waals surface area contributed by atoms with Crippen LogP contribution in [0.3, 0.4) is 0 Å². The molecule has 0 aliphatic rings. The lowest BCUT2D eigenvalue weighted by Crippen LogP contribution is -2.23. The smallest absolute Gasteiger partial charge is 0.220 e. The minimum Gasteiger partial charge on any atom is -0.441 e. The zero-order valence-electron chi connectivity index (χ0n) is 13.8. The fraction of sp³-hybridized carbons (Fsp3) is 0.200. The summed E-state index contributed by atoms with van der Waals surface area (Å²) >= 11 is 0. The molecule has 0 radical (unpaired) electrons. The standard InChI is InChI=1S/C20H20N2O3/c23-14-17-9-5-4-8-16(17)12-21-19(24)10-11-20-22-13-18(25-20)15-6-2-1-3-7-15/h1-9,13,23H,10-12,14H2,(H,21,24). The van der Waals surface area contributed by atoms with Crippen molar-refractivity contribution in [3.63, 3.8) is 0 Å². The molecule has 0 aliphatic heterocycles. The van der Waals surface area contributed by atoms with E-state index in [0.717, 1.165) is 16.7 Å². The summed E-state index contributed by atoms with van der Waals surface area (Å²) in [7, 11) is 0. The predicted octanol–water partition coefficient (Wildman–Crippen LogP) is 3.08. The van der Waals surface area contributed by atoms with Crippen molar-refractivity contribution >= 4 is 5.91 Å². The van der Waals surface area contributed by atoms with Crippen LogP contribution in [0.2, 0.25) is 0 Å². The second-order valence-corrected chi connectivity index (χ2v) is 5.69. The van der Waals surface area contributed by atoms with Crippen molar-refractivity contribution in [2.75, 3.05) is 0 Å². The summed E-state index contributed by atoms with van der Waals surface area (Å²) in [4.78, 5) is 16.3. The summed E-state index contributed by atoms with van der Waals surface area (Å²) in [6.45, 7) is 0.362. The van der Waals surface area contributed by atoms with Gasteiger partial charge in [-0.25, -0.2) is 4.98 Å². The first kappa shape index (κ1) is 16.9. The third-order valence-corrected chi connectivity index (χ3v) is 3.94. The zero-order chi connectivity index (χ0) is 17.5. The highest BCUT2D eigenvalue weighted by molar-refractivity contribution is 5.76. The van der Waals surface area contributed by atoms with Crippen LogP contribution in [-0.4, -0.2) is 16.0 Å². The van der Waals surface area contributed by atoms with Crippen LogP contribution in [0, 0.1) is 0 Å². The van der Waals surface area contributed by atoms with E-state index in [1.807, 2.05) is 54.6 Å². The van der Waals surface area contributed by atoms with Gasteiger partial charge in [0.05, 0.1) is 12.8 Å². The number of nitrogens with zero attached hydrogens (tertiary/aromatic N) is 1. The van der Waals surface area contributed by atoms with Gasteiger partial charge in [0, 0.05) is 24.9 Å². The molecule has 0 saturated carbocycles. The molecule has 128 valence electrons. The van der Waals surface area contributed by atoms with Gasteiger partial charge in [0.2, 0.25) is 5.91 Å². The molecule has 2 aromatic carbocycles. The van der Waals surface area contributed by atoms with Gasteiger partial charge < -0.3 is 14.8 Å². The van der Waals surface area contributed by atoms with Gasteiger partial charge in [0.15, 0.2) is 11.7 Å². The number of hydrogen-bond acceptors (Lipinski definition) is 4. The molecule has 0 spiro atoms. The molecule has 25 heavy (non-hydrogen) atoms. The minimum atomic E-state index is -0.0767. The Morgan fingerprint density at radius 3 is 2.52 bits per heavy atom. The Labute approximate surface area is 146 Å². The average Bonchev–Trinajstić information content (AvgIpc) is 3.14. The Morgan fingerprint density at radius 2 is 1.76 bits per heavy atom.